The number of rotatable bonds is 5. The number of amides is 1. The Bertz CT molecular complexity index is 469. The Labute approximate surface area is 119 Å². The Hall–Kier alpha value is -1.22. The first kappa shape index (κ1) is 14.2. The minimum absolute atomic E-state index is 0.0741. The van der Waals surface area contributed by atoms with Crippen molar-refractivity contribution in [1.29, 1.82) is 0 Å². The van der Waals surface area contributed by atoms with Crippen molar-refractivity contribution in [3.63, 3.8) is 0 Å². The summed E-state index contributed by atoms with van der Waals surface area (Å²) in [6.45, 7) is 5.18. The molecule has 3 nitrogen and oxygen atoms in total. The quantitative estimate of drug-likeness (QED) is 0.838. The fourth-order valence-corrected chi connectivity index (χ4v) is 2.24. The minimum Gasteiger partial charge on any atom is -0.398 e. The second kappa shape index (κ2) is 5.83. The lowest BCUT2D eigenvalue weighted by molar-refractivity contribution is 0.0735. The van der Waals surface area contributed by atoms with Crippen molar-refractivity contribution in [2.24, 2.45) is 5.92 Å². The molecule has 4 heteroatoms. The zero-order valence-corrected chi connectivity index (χ0v) is 12.3. The van der Waals surface area contributed by atoms with Gasteiger partial charge in [0.05, 0.1) is 10.7 Å². The van der Waals surface area contributed by atoms with E-state index in [4.69, 9.17) is 17.3 Å². The van der Waals surface area contributed by atoms with Crippen LogP contribution in [0.5, 0.6) is 0 Å². The molecule has 1 amide bonds. The van der Waals surface area contributed by atoms with E-state index in [0.717, 1.165) is 25.8 Å². The monoisotopic (exact) mass is 280 g/mol. The van der Waals surface area contributed by atoms with Crippen LogP contribution in [0.2, 0.25) is 5.02 Å². The van der Waals surface area contributed by atoms with Crippen LogP contribution in [-0.2, 0) is 0 Å². The highest BCUT2D eigenvalue weighted by atomic mass is 35.5. The predicted octanol–water partition coefficient (Wildman–Crippen LogP) is 3.57. The third kappa shape index (κ3) is 3.63. The van der Waals surface area contributed by atoms with Gasteiger partial charge in [0.2, 0.25) is 0 Å². The third-order valence-corrected chi connectivity index (χ3v) is 3.77. The molecule has 0 unspecified atom stereocenters. The molecule has 0 heterocycles. The number of benzene rings is 1. The molecule has 1 aliphatic rings. The smallest absolute Gasteiger partial charge is 0.254 e. The Morgan fingerprint density at radius 3 is 2.68 bits per heavy atom. The Morgan fingerprint density at radius 2 is 2.16 bits per heavy atom. The minimum atomic E-state index is 0.0741. The number of nitrogens with zero attached hydrogens (tertiary/aromatic N) is 1. The van der Waals surface area contributed by atoms with Crippen LogP contribution in [0.25, 0.3) is 0 Å². The zero-order chi connectivity index (χ0) is 14.0. The van der Waals surface area contributed by atoms with E-state index in [-0.39, 0.29) is 5.91 Å². The van der Waals surface area contributed by atoms with E-state index in [1.165, 1.54) is 0 Å². The first-order chi connectivity index (χ1) is 8.99. The molecule has 0 spiro atoms. The summed E-state index contributed by atoms with van der Waals surface area (Å²) in [5.41, 5.74) is 6.83. The molecule has 2 N–H and O–H groups in total. The molecule has 1 fully saturated rings. The molecule has 1 saturated carbocycles. The van der Waals surface area contributed by atoms with Crippen LogP contribution in [0.15, 0.2) is 18.2 Å². The third-order valence-electron chi connectivity index (χ3n) is 3.44. The molecule has 0 saturated heterocycles. The van der Waals surface area contributed by atoms with Crippen LogP contribution in [-0.4, -0.2) is 23.4 Å². The number of hydrogen-bond acceptors (Lipinski definition) is 2. The Balaban J connectivity index is 2.12. The summed E-state index contributed by atoms with van der Waals surface area (Å²) in [5, 5.41) is 0.449. The van der Waals surface area contributed by atoms with Gasteiger partial charge >= 0.3 is 0 Å². The fraction of sp³-hybridized carbons (Fsp3) is 0.533. The molecule has 0 radical (unpaired) electrons. The van der Waals surface area contributed by atoms with Gasteiger partial charge in [-0.15, -0.1) is 0 Å². The van der Waals surface area contributed by atoms with E-state index >= 15 is 0 Å². The zero-order valence-electron chi connectivity index (χ0n) is 11.5. The summed E-state index contributed by atoms with van der Waals surface area (Å²) in [6, 6.07) is 5.55. The number of halogens is 1. The molecule has 0 aromatic heterocycles. The van der Waals surface area contributed by atoms with Crippen molar-refractivity contribution < 1.29 is 4.79 Å². The molecule has 104 valence electrons. The lowest BCUT2D eigenvalue weighted by atomic mass is 10.1. The van der Waals surface area contributed by atoms with Gasteiger partial charge in [-0.05, 0) is 43.4 Å². The van der Waals surface area contributed by atoms with Crippen LogP contribution in [0.4, 0.5) is 5.69 Å². The molecule has 1 aromatic carbocycles. The van der Waals surface area contributed by atoms with E-state index in [2.05, 4.69) is 13.8 Å². The van der Waals surface area contributed by atoms with Crippen LogP contribution in [0, 0.1) is 5.92 Å². The highest BCUT2D eigenvalue weighted by Crippen LogP contribution is 2.30. The van der Waals surface area contributed by atoms with Gasteiger partial charge in [-0.25, -0.2) is 0 Å². The van der Waals surface area contributed by atoms with Gasteiger partial charge in [0.25, 0.3) is 5.91 Å². The molecular formula is C15H21ClN2O. The average molecular weight is 281 g/mol. The second-order valence-electron chi connectivity index (χ2n) is 5.65. The van der Waals surface area contributed by atoms with Gasteiger partial charge in [0.15, 0.2) is 0 Å². The lowest BCUT2D eigenvalue weighted by Crippen LogP contribution is -2.34. The normalized spacial score (nSPS) is 14.7. The number of nitrogen functional groups attached to an aromatic ring is 1. The maximum atomic E-state index is 12.5. The van der Waals surface area contributed by atoms with Crippen molar-refractivity contribution in [3.05, 3.63) is 28.8 Å². The van der Waals surface area contributed by atoms with Crippen molar-refractivity contribution >= 4 is 23.2 Å². The Kier molecular flexibility index (Phi) is 4.35. The lowest BCUT2D eigenvalue weighted by Gasteiger charge is -2.23. The number of nitrogens with two attached hydrogens (primary N) is 1. The summed E-state index contributed by atoms with van der Waals surface area (Å²) in [7, 11) is 0. The summed E-state index contributed by atoms with van der Waals surface area (Å²) in [4.78, 5) is 14.5. The number of carbonyl (C=O) groups excluding carboxylic acids is 1. The van der Waals surface area contributed by atoms with E-state index in [1.54, 1.807) is 18.2 Å². The van der Waals surface area contributed by atoms with Crippen molar-refractivity contribution in [3.8, 4) is 0 Å². The molecule has 2 rings (SSSR count). The molecule has 0 aliphatic heterocycles. The maximum absolute atomic E-state index is 12.5. The molecule has 1 aliphatic carbocycles. The van der Waals surface area contributed by atoms with E-state index in [1.807, 2.05) is 4.90 Å². The average Bonchev–Trinajstić information content (AvgIpc) is 3.16. The summed E-state index contributed by atoms with van der Waals surface area (Å²) < 4.78 is 0. The van der Waals surface area contributed by atoms with Gasteiger partial charge in [-0.2, -0.15) is 0 Å². The Morgan fingerprint density at radius 1 is 1.47 bits per heavy atom. The SMILES string of the molecule is CC(C)CCN(C(=O)c1ccc(N)c(Cl)c1)C1CC1. The predicted molar refractivity (Wildman–Crippen MR) is 79.4 cm³/mol. The molecule has 0 bridgehead atoms. The van der Waals surface area contributed by atoms with Gasteiger partial charge in [0.1, 0.15) is 0 Å². The first-order valence-electron chi connectivity index (χ1n) is 6.85. The largest absolute Gasteiger partial charge is 0.398 e. The highest BCUT2D eigenvalue weighted by molar-refractivity contribution is 6.33. The second-order valence-corrected chi connectivity index (χ2v) is 6.06. The van der Waals surface area contributed by atoms with Gasteiger partial charge < -0.3 is 10.6 Å². The van der Waals surface area contributed by atoms with Crippen molar-refractivity contribution in [2.45, 2.75) is 39.2 Å². The molecule has 0 atom stereocenters. The van der Waals surface area contributed by atoms with Crippen molar-refractivity contribution in [1.82, 2.24) is 4.90 Å². The molecule has 1 aromatic rings. The standard InChI is InChI=1S/C15H21ClN2O/c1-10(2)7-8-18(12-4-5-12)15(19)11-3-6-14(17)13(16)9-11/h3,6,9-10,12H,4-5,7-8,17H2,1-2H3. The first-order valence-corrected chi connectivity index (χ1v) is 7.23. The maximum Gasteiger partial charge on any atom is 0.254 e. The van der Waals surface area contributed by atoms with Crippen molar-refractivity contribution in [2.75, 3.05) is 12.3 Å². The van der Waals surface area contributed by atoms with Gasteiger partial charge in [-0.1, -0.05) is 25.4 Å². The topological polar surface area (TPSA) is 46.3 Å². The molecular weight excluding hydrogens is 260 g/mol. The van der Waals surface area contributed by atoms with E-state index in [9.17, 15) is 4.79 Å². The van der Waals surface area contributed by atoms with Crippen LogP contribution < -0.4 is 5.73 Å². The van der Waals surface area contributed by atoms with E-state index in [0.29, 0.717) is 28.2 Å². The fourth-order valence-electron chi connectivity index (χ4n) is 2.06. The van der Waals surface area contributed by atoms with E-state index < -0.39 is 0 Å². The number of anilines is 1. The molecule has 19 heavy (non-hydrogen) atoms. The van der Waals surface area contributed by atoms with Crippen LogP contribution in [0.1, 0.15) is 43.5 Å². The van der Waals surface area contributed by atoms with Crippen LogP contribution in [0.3, 0.4) is 0 Å². The van der Waals surface area contributed by atoms with Gasteiger partial charge in [0, 0.05) is 18.2 Å². The highest BCUT2D eigenvalue weighted by Gasteiger charge is 2.32. The summed E-state index contributed by atoms with van der Waals surface area (Å²) in [6.07, 6.45) is 3.27. The summed E-state index contributed by atoms with van der Waals surface area (Å²) >= 11 is 5.99. The van der Waals surface area contributed by atoms with Gasteiger partial charge in [-0.3, -0.25) is 4.79 Å². The van der Waals surface area contributed by atoms with Crippen LogP contribution >= 0.6 is 11.6 Å². The number of carbonyl (C=O) groups is 1. The number of hydrogen-bond donors (Lipinski definition) is 1. The summed E-state index contributed by atoms with van der Waals surface area (Å²) in [5.74, 6) is 0.675.